The van der Waals surface area contributed by atoms with Crippen LogP contribution in [0.5, 0.6) is 5.75 Å². The molecule has 2 aromatic carbocycles. The van der Waals surface area contributed by atoms with Crippen molar-refractivity contribution >= 4 is 15.9 Å². The van der Waals surface area contributed by atoms with E-state index < -0.39 is 0 Å². The maximum atomic E-state index is 8.68. The molecule has 17 heavy (non-hydrogen) atoms. The smallest absolute Gasteiger partial charge is 0.119 e. The Morgan fingerprint density at radius 2 is 1.65 bits per heavy atom. The number of nitriles is 1. The number of hydrogen-bond acceptors (Lipinski definition) is 2. The zero-order chi connectivity index (χ0) is 12.1. The first kappa shape index (κ1) is 11.7. The Labute approximate surface area is 109 Å². The molecule has 0 aromatic heterocycles. The number of ether oxygens (including phenoxy) is 1. The Balaban J connectivity index is 1.98. The van der Waals surface area contributed by atoms with Gasteiger partial charge in [-0.15, -0.1) is 0 Å². The van der Waals surface area contributed by atoms with Crippen LogP contribution in [0, 0.1) is 11.3 Å². The van der Waals surface area contributed by atoms with Gasteiger partial charge in [-0.1, -0.05) is 28.1 Å². The van der Waals surface area contributed by atoms with Crippen LogP contribution in [-0.2, 0) is 6.61 Å². The quantitative estimate of drug-likeness (QED) is 0.858. The average molecular weight is 288 g/mol. The fraction of sp³-hybridized carbons (Fsp3) is 0.0714. The molecule has 0 saturated heterocycles. The lowest BCUT2D eigenvalue weighted by molar-refractivity contribution is 0.306. The van der Waals surface area contributed by atoms with Gasteiger partial charge in [-0.2, -0.15) is 5.26 Å². The van der Waals surface area contributed by atoms with Gasteiger partial charge in [-0.25, -0.2) is 0 Å². The van der Waals surface area contributed by atoms with Gasteiger partial charge in [-0.05, 0) is 42.0 Å². The molecule has 2 aromatic rings. The predicted octanol–water partition coefficient (Wildman–Crippen LogP) is 3.90. The van der Waals surface area contributed by atoms with E-state index in [0.29, 0.717) is 12.2 Å². The van der Waals surface area contributed by atoms with E-state index in [1.54, 1.807) is 12.1 Å². The average Bonchev–Trinajstić information content (AvgIpc) is 2.39. The first-order chi connectivity index (χ1) is 8.28. The zero-order valence-corrected chi connectivity index (χ0v) is 10.6. The third-order valence-electron chi connectivity index (χ3n) is 2.30. The van der Waals surface area contributed by atoms with E-state index in [0.717, 1.165) is 15.8 Å². The predicted molar refractivity (Wildman–Crippen MR) is 69.6 cm³/mol. The lowest BCUT2D eigenvalue weighted by atomic mass is 10.2. The first-order valence-corrected chi connectivity index (χ1v) is 5.94. The number of nitrogens with zero attached hydrogens (tertiary/aromatic N) is 1. The van der Waals surface area contributed by atoms with Gasteiger partial charge in [0.25, 0.3) is 0 Å². The topological polar surface area (TPSA) is 33.0 Å². The molecule has 2 nitrogen and oxygen atoms in total. The zero-order valence-electron chi connectivity index (χ0n) is 9.06. The van der Waals surface area contributed by atoms with Crippen LogP contribution in [0.3, 0.4) is 0 Å². The maximum Gasteiger partial charge on any atom is 0.119 e. The molecule has 0 aliphatic heterocycles. The third-order valence-corrected chi connectivity index (χ3v) is 2.83. The molecule has 0 aliphatic carbocycles. The molecule has 0 heterocycles. The van der Waals surface area contributed by atoms with Crippen molar-refractivity contribution in [2.75, 3.05) is 0 Å². The summed E-state index contributed by atoms with van der Waals surface area (Å²) in [7, 11) is 0. The molecule has 0 saturated carbocycles. The van der Waals surface area contributed by atoms with Gasteiger partial charge in [0.05, 0.1) is 11.6 Å². The first-order valence-electron chi connectivity index (χ1n) is 5.15. The second-order valence-electron chi connectivity index (χ2n) is 3.55. The molecule has 2 rings (SSSR count). The molecule has 3 heteroatoms. The van der Waals surface area contributed by atoms with Crippen LogP contribution in [0.4, 0.5) is 0 Å². The standard InChI is InChI=1S/C14H10BrNO/c15-13-5-7-14(8-6-13)17-10-12-3-1-11(9-16)2-4-12/h1-8H,10H2. The van der Waals surface area contributed by atoms with Gasteiger partial charge in [0.1, 0.15) is 12.4 Å². The van der Waals surface area contributed by atoms with Crippen LogP contribution in [-0.4, -0.2) is 0 Å². The SMILES string of the molecule is N#Cc1ccc(COc2ccc(Br)cc2)cc1. The Bertz CT molecular complexity index is 526. The van der Waals surface area contributed by atoms with Crippen LogP contribution in [0.25, 0.3) is 0 Å². The summed E-state index contributed by atoms with van der Waals surface area (Å²) < 4.78 is 6.65. The van der Waals surface area contributed by atoms with Gasteiger partial charge >= 0.3 is 0 Å². The second-order valence-corrected chi connectivity index (χ2v) is 4.47. The lowest BCUT2D eigenvalue weighted by Crippen LogP contribution is -1.95. The van der Waals surface area contributed by atoms with Crippen LogP contribution in [0.1, 0.15) is 11.1 Å². The minimum absolute atomic E-state index is 0.507. The van der Waals surface area contributed by atoms with Crippen molar-refractivity contribution in [3.63, 3.8) is 0 Å². The summed E-state index contributed by atoms with van der Waals surface area (Å²) in [6.45, 7) is 0.507. The van der Waals surface area contributed by atoms with E-state index in [9.17, 15) is 0 Å². The van der Waals surface area contributed by atoms with Gasteiger partial charge in [0.2, 0.25) is 0 Å². The van der Waals surface area contributed by atoms with Crippen molar-refractivity contribution in [3.05, 3.63) is 64.1 Å². The molecule has 0 spiro atoms. The lowest BCUT2D eigenvalue weighted by Gasteiger charge is -2.06. The fourth-order valence-corrected chi connectivity index (χ4v) is 1.64. The molecule has 84 valence electrons. The Hall–Kier alpha value is -1.79. The summed E-state index contributed by atoms with van der Waals surface area (Å²) in [6, 6.07) is 17.2. The fourth-order valence-electron chi connectivity index (χ4n) is 1.37. The van der Waals surface area contributed by atoms with E-state index in [2.05, 4.69) is 22.0 Å². The Morgan fingerprint density at radius 1 is 1.00 bits per heavy atom. The third kappa shape index (κ3) is 3.33. The van der Waals surface area contributed by atoms with Gasteiger partial charge in [0.15, 0.2) is 0 Å². The summed E-state index contributed by atoms with van der Waals surface area (Å²) in [5.74, 6) is 0.831. The molecule has 0 fully saturated rings. The van der Waals surface area contributed by atoms with Crippen LogP contribution >= 0.6 is 15.9 Å². The van der Waals surface area contributed by atoms with Crippen LogP contribution in [0.2, 0.25) is 0 Å². The van der Waals surface area contributed by atoms with Gasteiger partial charge in [-0.3, -0.25) is 0 Å². The molecule has 0 aliphatic rings. The summed E-state index contributed by atoms with van der Waals surface area (Å²) in [5.41, 5.74) is 1.71. The monoisotopic (exact) mass is 287 g/mol. The highest BCUT2D eigenvalue weighted by molar-refractivity contribution is 9.10. The molecule has 0 bridgehead atoms. The highest BCUT2D eigenvalue weighted by atomic mass is 79.9. The number of halogens is 1. The summed E-state index contributed by atoms with van der Waals surface area (Å²) in [4.78, 5) is 0. The van der Waals surface area contributed by atoms with Crippen LogP contribution in [0.15, 0.2) is 53.0 Å². The minimum atomic E-state index is 0.507. The Kier molecular flexibility index (Phi) is 3.79. The number of rotatable bonds is 3. The van der Waals surface area contributed by atoms with Crippen LogP contribution < -0.4 is 4.74 Å². The summed E-state index contributed by atoms with van der Waals surface area (Å²) >= 11 is 3.37. The molecule has 0 amide bonds. The van der Waals surface area contributed by atoms with E-state index in [-0.39, 0.29) is 0 Å². The van der Waals surface area contributed by atoms with Crippen molar-refractivity contribution in [1.82, 2.24) is 0 Å². The van der Waals surface area contributed by atoms with Crippen molar-refractivity contribution in [2.24, 2.45) is 0 Å². The highest BCUT2D eigenvalue weighted by Gasteiger charge is 1.96. The van der Waals surface area contributed by atoms with E-state index >= 15 is 0 Å². The normalized spacial score (nSPS) is 9.65. The molecule has 0 unspecified atom stereocenters. The summed E-state index contributed by atoms with van der Waals surface area (Å²) in [6.07, 6.45) is 0. The van der Waals surface area contributed by atoms with E-state index in [4.69, 9.17) is 10.00 Å². The van der Waals surface area contributed by atoms with E-state index in [1.807, 2.05) is 36.4 Å². The van der Waals surface area contributed by atoms with E-state index in [1.165, 1.54) is 0 Å². The highest BCUT2D eigenvalue weighted by Crippen LogP contribution is 2.17. The van der Waals surface area contributed by atoms with Crippen molar-refractivity contribution in [2.45, 2.75) is 6.61 Å². The summed E-state index contributed by atoms with van der Waals surface area (Å²) in [5, 5.41) is 8.68. The van der Waals surface area contributed by atoms with Crippen molar-refractivity contribution < 1.29 is 4.74 Å². The van der Waals surface area contributed by atoms with Crippen molar-refractivity contribution in [1.29, 1.82) is 5.26 Å². The molecule has 0 N–H and O–H groups in total. The molecular weight excluding hydrogens is 278 g/mol. The maximum absolute atomic E-state index is 8.68. The number of benzene rings is 2. The van der Waals surface area contributed by atoms with Gasteiger partial charge < -0.3 is 4.74 Å². The van der Waals surface area contributed by atoms with Gasteiger partial charge in [0, 0.05) is 4.47 Å². The Morgan fingerprint density at radius 3 is 2.24 bits per heavy atom. The molecule has 0 radical (unpaired) electrons. The largest absolute Gasteiger partial charge is 0.489 e. The molecule has 0 atom stereocenters. The molecular formula is C14H10BrNO. The van der Waals surface area contributed by atoms with Crippen molar-refractivity contribution in [3.8, 4) is 11.8 Å². The second kappa shape index (κ2) is 5.51. The number of hydrogen-bond donors (Lipinski definition) is 0. The minimum Gasteiger partial charge on any atom is -0.489 e.